The Balaban J connectivity index is 1.96. The van der Waals surface area contributed by atoms with Gasteiger partial charge in [0.05, 0.1) is 24.6 Å². The van der Waals surface area contributed by atoms with E-state index in [1.54, 1.807) is 11.7 Å². The molecule has 19 heavy (non-hydrogen) atoms. The van der Waals surface area contributed by atoms with Crippen LogP contribution < -0.4 is 0 Å². The molecule has 1 aliphatic rings. The molecule has 5 nitrogen and oxygen atoms in total. The highest BCUT2D eigenvalue weighted by molar-refractivity contribution is 5.88. The largest absolute Gasteiger partial charge is 0.478 e. The summed E-state index contributed by atoms with van der Waals surface area (Å²) < 4.78 is 7.48. The van der Waals surface area contributed by atoms with Gasteiger partial charge in [-0.3, -0.25) is 4.68 Å². The summed E-state index contributed by atoms with van der Waals surface area (Å²) in [7, 11) is 1.75. The summed E-state index contributed by atoms with van der Waals surface area (Å²) in [5.74, 6) is 0.479. The van der Waals surface area contributed by atoms with Crippen LogP contribution in [-0.4, -0.2) is 27.0 Å². The molecule has 106 valence electrons. The van der Waals surface area contributed by atoms with Crippen molar-refractivity contribution in [3.63, 3.8) is 0 Å². The van der Waals surface area contributed by atoms with E-state index in [4.69, 9.17) is 9.84 Å². The maximum Gasteiger partial charge on any atom is 0.339 e. The van der Waals surface area contributed by atoms with Crippen LogP contribution in [0.5, 0.6) is 0 Å². The first kappa shape index (κ1) is 14.1. The molecule has 5 heteroatoms. The van der Waals surface area contributed by atoms with Crippen molar-refractivity contribution >= 4 is 5.97 Å². The molecule has 3 unspecified atom stereocenters. The number of aryl methyl sites for hydroxylation is 1. The van der Waals surface area contributed by atoms with Crippen molar-refractivity contribution in [3.05, 3.63) is 17.5 Å². The Labute approximate surface area is 113 Å². The van der Waals surface area contributed by atoms with Crippen LogP contribution in [0.4, 0.5) is 0 Å². The quantitative estimate of drug-likeness (QED) is 0.909. The highest BCUT2D eigenvalue weighted by atomic mass is 16.5. The molecular formula is C14H22N2O3. The summed E-state index contributed by atoms with van der Waals surface area (Å²) >= 11 is 0. The third-order valence-electron chi connectivity index (χ3n) is 4.30. The molecule has 0 radical (unpaired) electrons. The predicted molar refractivity (Wildman–Crippen MR) is 70.9 cm³/mol. The van der Waals surface area contributed by atoms with Crippen LogP contribution in [0.1, 0.15) is 49.2 Å². The third kappa shape index (κ3) is 3.15. The molecule has 1 aromatic heterocycles. The molecule has 0 bridgehead atoms. The summed E-state index contributed by atoms with van der Waals surface area (Å²) in [6.07, 6.45) is 4.92. The molecule has 0 aliphatic heterocycles. The second-order valence-electron chi connectivity index (χ2n) is 5.63. The van der Waals surface area contributed by atoms with Crippen molar-refractivity contribution in [2.45, 2.75) is 45.8 Å². The molecule has 0 saturated heterocycles. The molecule has 2 rings (SSSR count). The Morgan fingerprint density at radius 1 is 1.47 bits per heavy atom. The van der Waals surface area contributed by atoms with Crippen molar-refractivity contribution in [2.24, 2.45) is 18.9 Å². The number of hydrogen-bond acceptors (Lipinski definition) is 3. The maximum absolute atomic E-state index is 11.1. The number of hydrogen-bond donors (Lipinski definition) is 1. The molecular weight excluding hydrogens is 244 g/mol. The number of carboxylic acids is 1. The predicted octanol–water partition coefficient (Wildman–Crippen LogP) is 2.46. The zero-order chi connectivity index (χ0) is 14.0. The Morgan fingerprint density at radius 3 is 2.84 bits per heavy atom. The average Bonchev–Trinajstić information content (AvgIpc) is 2.72. The van der Waals surface area contributed by atoms with E-state index < -0.39 is 5.97 Å². The Hall–Kier alpha value is -1.36. The first-order valence-corrected chi connectivity index (χ1v) is 6.84. The zero-order valence-corrected chi connectivity index (χ0v) is 11.8. The number of carboxylic acid groups (broad SMARTS) is 1. The smallest absolute Gasteiger partial charge is 0.339 e. The fourth-order valence-corrected chi connectivity index (χ4v) is 2.66. The van der Waals surface area contributed by atoms with Crippen molar-refractivity contribution in [1.82, 2.24) is 9.78 Å². The maximum atomic E-state index is 11.1. The van der Waals surface area contributed by atoms with Crippen LogP contribution >= 0.6 is 0 Å². The Morgan fingerprint density at radius 2 is 2.21 bits per heavy atom. The van der Waals surface area contributed by atoms with Crippen molar-refractivity contribution in [1.29, 1.82) is 0 Å². The minimum atomic E-state index is -0.947. The standard InChI is InChI=1S/C14H22N2O3/c1-9-4-5-11(6-10(9)2)19-8-13-12(14(17)18)7-15-16(13)3/h7,9-11H,4-6,8H2,1-3H3,(H,17,18). The molecule has 1 aromatic rings. The average molecular weight is 266 g/mol. The lowest BCUT2D eigenvalue weighted by molar-refractivity contribution is -0.0103. The van der Waals surface area contributed by atoms with E-state index in [1.807, 2.05) is 0 Å². The SMILES string of the molecule is CC1CCC(OCc2c(C(=O)O)cnn2C)CC1C. The van der Waals surface area contributed by atoms with Crippen molar-refractivity contribution < 1.29 is 14.6 Å². The third-order valence-corrected chi connectivity index (χ3v) is 4.30. The second kappa shape index (κ2) is 5.74. The fourth-order valence-electron chi connectivity index (χ4n) is 2.66. The molecule has 1 N–H and O–H groups in total. The lowest BCUT2D eigenvalue weighted by Crippen LogP contribution is -2.27. The molecule has 0 aromatic carbocycles. The summed E-state index contributed by atoms with van der Waals surface area (Å²) in [6, 6.07) is 0. The lowest BCUT2D eigenvalue weighted by Gasteiger charge is -2.32. The van der Waals surface area contributed by atoms with E-state index >= 15 is 0 Å². The van der Waals surface area contributed by atoms with E-state index in [0.29, 0.717) is 18.2 Å². The van der Waals surface area contributed by atoms with Gasteiger partial charge >= 0.3 is 5.97 Å². The summed E-state index contributed by atoms with van der Waals surface area (Å²) in [6.45, 7) is 4.86. The fraction of sp³-hybridized carbons (Fsp3) is 0.714. The van der Waals surface area contributed by atoms with E-state index in [1.165, 1.54) is 12.6 Å². The van der Waals surface area contributed by atoms with Gasteiger partial charge in [0.2, 0.25) is 0 Å². The van der Waals surface area contributed by atoms with E-state index in [-0.39, 0.29) is 11.7 Å². The number of nitrogens with zero attached hydrogens (tertiary/aromatic N) is 2. The van der Waals surface area contributed by atoms with Crippen LogP contribution in [0.25, 0.3) is 0 Å². The minimum absolute atomic E-state index is 0.236. The van der Waals surface area contributed by atoms with Crippen LogP contribution in [0.15, 0.2) is 6.20 Å². The van der Waals surface area contributed by atoms with Crippen LogP contribution in [0.3, 0.4) is 0 Å². The second-order valence-corrected chi connectivity index (χ2v) is 5.63. The molecule has 0 amide bonds. The van der Waals surface area contributed by atoms with Gasteiger partial charge in [0, 0.05) is 7.05 Å². The Bertz CT molecular complexity index is 456. The molecule has 1 saturated carbocycles. The lowest BCUT2D eigenvalue weighted by atomic mass is 9.80. The van der Waals surface area contributed by atoms with Gasteiger partial charge in [-0.2, -0.15) is 5.10 Å². The molecule has 1 heterocycles. The highest BCUT2D eigenvalue weighted by Gasteiger charge is 2.25. The van der Waals surface area contributed by atoms with Gasteiger partial charge in [0.1, 0.15) is 5.56 Å². The van der Waals surface area contributed by atoms with Crippen molar-refractivity contribution in [3.8, 4) is 0 Å². The highest BCUT2D eigenvalue weighted by Crippen LogP contribution is 2.31. The molecule has 3 atom stereocenters. The van der Waals surface area contributed by atoms with Crippen LogP contribution in [0, 0.1) is 11.8 Å². The van der Waals surface area contributed by atoms with Crippen LogP contribution in [0.2, 0.25) is 0 Å². The normalized spacial score (nSPS) is 27.4. The summed E-state index contributed by atoms with van der Waals surface area (Å²) in [4.78, 5) is 11.1. The number of rotatable bonds is 4. The number of aromatic nitrogens is 2. The number of aromatic carboxylic acids is 1. The number of ether oxygens (including phenoxy) is 1. The van der Waals surface area contributed by atoms with Gasteiger partial charge < -0.3 is 9.84 Å². The van der Waals surface area contributed by atoms with E-state index in [9.17, 15) is 4.79 Å². The van der Waals surface area contributed by atoms with Gasteiger partial charge in [-0.15, -0.1) is 0 Å². The minimum Gasteiger partial charge on any atom is -0.478 e. The monoisotopic (exact) mass is 266 g/mol. The number of carbonyl (C=O) groups is 1. The van der Waals surface area contributed by atoms with Crippen LogP contribution in [-0.2, 0) is 18.4 Å². The molecule has 0 spiro atoms. The first-order valence-electron chi connectivity index (χ1n) is 6.84. The van der Waals surface area contributed by atoms with Gasteiger partial charge in [-0.1, -0.05) is 13.8 Å². The Kier molecular flexibility index (Phi) is 4.24. The summed E-state index contributed by atoms with van der Waals surface area (Å²) in [5, 5.41) is 13.1. The molecule has 1 aliphatic carbocycles. The van der Waals surface area contributed by atoms with Crippen molar-refractivity contribution in [2.75, 3.05) is 0 Å². The topological polar surface area (TPSA) is 64.3 Å². The van der Waals surface area contributed by atoms with Gasteiger partial charge in [0.15, 0.2) is 0 Å². The molecule has 1 fully saturated rings. The van der Waals surface area contributed by atoms with Gasteiger partial charge in [-0.25, -0.2) is 4.79 Å². The van der Waals surface area contributed by atoms with E-state index in [0.717, 1.165) is 18.8 Å². The van der Waals surface area contributed by atoms with E-state index in [2.05, 4.69) is 18.9 Å². The van der Waals surface area contributed by atoms with Gasteiger partial charge in [-0.05, 0) is 31.1 Å². The van der Waals surface area contributed by atoms with Gasteiger partial charge in [0.25, 0.3) is 0 Å². The summed E-state index contributed by atoms with van der Waals surface area (Å²) in [5.41, 5.74) is 0.874. The first-order chi connectivity index (χ1) is 8.99. The zero-order valence-electron chi connectivity index (χ0n) is 11.8.